The van der Waals surface area contributed by atoms with Crippen molar-refractivity contribution in [2.45, 2.75) is 16.7 Å². The van der Waals surface area contributed by atoms with Crippen LogP contribution in [-0.2, 0) is 4.79 Å². The Balaban J connectivity index is 1.62. The Labute approximate surface area is 203 Å². The lowest BCUT2D eigenvalue weighted by molar-refractivity contribution is -0.139. The number of benzene rings is 2. The maximum atomic E-state index is 10.8. The number of aryl methyl sites for hydroxylation is 1. The van der Waals surface area contributed by atoms with Gasteiger partial charge in [-0.25, -0.2) is 14.8 Å². The number of hydrogen-bond acceptors (Lipinski definition) is 7. The van der Waals surface area contributed by atoms with Crippen molar-refractivity contribution in [3.05, 3.63) is 86.3 Å². The van der Waals surface area contributed by atoms with E-state index in [2.05, 4.69) is 33.6 Å². The summed E-state index contributed by atoms with van der Waals surface area (Å²) in [6.07, 6.45) is 3.47. The van der Waals surface area contributed by atoms with E-state index in [1.54, 1.807) is 30.2 Å². The molecular weight excluding hydrogens is 472 g/mol. The van der Waals surface area contributed by atoms with Crippen molar-refractivity contribution in [2.24, 2.45) is 0 Å². The number of hydrogen-bond donors (Lipinski definition) is 1. The van der Waals surface area contributed by atoms with Gasteiger partial charge in [0.25, 0.3) is 0 Å². The van der Waals surface area contributed by atoms with Gasteiger partial charge in [-0.3, -0.25) is 0 Å². The molecule has 0 fully saturated rings. The highest BCUT2D eigenvalue weighted by Gasteiger charge is 2.07. The maximum absolute atomic E-state index is 10.8. The molecule has 2 aromatic carbocycles. The van der Waals surface area contributed by atoms with E-state index < -0.39 is 5.97 Å². The first kappa shape index (κ1) is 22.6. The van der Waals surface area contributed by atoms with Gasteiger partial charge in [-0.1, -0.05) is 23.6 Å². The Bertz CT molecular complexity index is 1320. The molecule has 0 bridgehead atoms. The number of carboxylic acid groups (broad SMARTS) is 1. The zero-order chi connectivity index (χ0) is 23.0. The molecule has 4 aromatic rings. The average molecular weight is 489 g/mol. The smallest absolute Gasteiger partial charge is 0.341 e. The number of aromatic nitrogens is 2. The first-order chi connectivity index (χ1) is 16.0. The third kappa shape index (κ3) is 6.71. The van der Waals surface area contributed by atoms with Gasteiger partial charge in [0.05, 0.1) is 0 Å². The third-order valence-electron chi connectivity index (χ3n) is 4.13. The van der Waals surface area contributed by atoms with Crippen LogP contribution in [0.4, 0.5) is 0 Å². The fourth-order valence-electron chi connectivity index (χ4n) is 2.75. The number of carboxylic acids is 1. The van der Waals surface area contributed by atoms with E-state index >= 15 is 0 Å². The summed E-state index contributed by atoms with van der Waals surface area (Å²) >= 11 is 4.57. The summed E-state index contributed by atoms with van der Waals surface area (Å²) in [6.45, 7) is 1.52. The molecule has 0 spiro atoms. The van der Waals surface area contributed by atoms with Crippen LogP contribution in [0.2, 0.25) is 0 Å². The average Bonchev–Trinajstić information content (AvgIpc) is 3.50. The van der Waals surface area contributed by atoms with Crippen LogP contribution in [0.5, 0.6) is 5.75 Å². The van der Waals surface area contributed by atoms with E-state index in [-0.39, 0.29) is 6.61 Å². The van der Waals surface area contributed by atoms with Gasteiger partial charge < -0.3 is 9.84 Å². The molecule has 0 saturated carbocycles. The normalized spacial score (nSPS) is 9.97. The summed E-state index contributed by atoms with van der Waals surface area (Å²) in [5.74, 6) is 12.1. The number of nitrogens with zero attached hydrogens (tertiary/aromatic N) is 2. The van der Waals surface area contributed by atoms with Crippen molar-refractivity contribution in [3.63, 3.8) is 0 Å². The third-order valence-corrected chi connectivity index (χ3v) is 6.47. The quantitative estimate of drug-likeness (QED) is 0.383. The molecule has 1 N–H and O–H groups in total. The van der Waals surface area contributed by atoms with Crippen molar-refractivity contribution in [2.75, 3.05) is 6.61 Å². The number of aliphatic carboxylic acids is 1. The lowest BCUT2D eigenvalue weighted by atomic mass is 10.1. The molecule has 0 aliphatic rings. The van der Waals surface area contributed by atoms with E-state index in [0.29, 0.717) is 5.75 Å². The van der Waals surface area contributed by atoms with E-state index in [9.17, 15) is 4.79 Å². The maximum Gasteiger partial charge on any atom is 0.341 e. The second-order valence-corrected chi connectivity index (χ2v) is 9.57. The fraction of sp³-hybridized carbons (Fsp3) is 0.0800. The summed E-state index contributed by atoms with van der Waals surface area (Å²) in [5, 5.41) is 14.1. The summed E-state index contributed by atoms with van der Waals surface area (Å²) in [5.41, 5.74) is 2.55. The highest BCUT2D eigenvalue weighted by molar-refractivity contribution is 7.99. The molecule has 8 heteroatoms. The van der Waals surface area contributed by atoms with Crippen LogP contribution in [0.1, 0.15) is 26.7 Å². The van der Waals surface area contributed by atoms with Crippen LogP contribution < -0.4 is 4.74 Å². The fourth-order valence-corrected chi connectivity index (χ4v) is 4.73. The minimum absolute atomic E-state index is 0.367. The van der Waals surface area contributed by atoms with Gasteiger partial charge >= 0.3 is 5.97 Å². The summed E-state index contributed by atoms with van der Waals surface area (Å²) in [4.78, 5) is 21.2. The molecule has 33 heavy (non-hydrogen) atoms. The van der Waals surface area contributed by atoms with Crippen molar-refractivity contribution in [3.8, 4) is 29.4 Å². The second kappa shape index (κ2) is 10.8. The van der Waals surface area contributed by atoms with Crippen molar-refractivity contribution < 1.29 is 14.6 Å². The zero-order valence-electron chi connectivity index (χ0n) is 17.4. The topological polar surface area (TPSA) is 72.3 Å². The van der Waals surface area contributed by atoms with Gasteiger partial charge in [-0.15, -0.1) is 22.7 Å². The van der Waals surface area contributed by atoms with Crippen molar-refractivity contribution in [1.82, 2.24) is 9.97 Å². The molecule has 4 rings (SSSR count). The molecule has 0 amide bonds. The van der Waals surface area contributed by atoms with Crippen LogP contribution in [-0.4, -0.2) is 27.7 Å². The molecule has 0 saturated heterocycles. The minimum Gasteiger partial charge on any atom is -0.482 e. The van der Waals surface area contributed by atoms with Crippen LogP contribution in [0, 0.1) is 30.6 Å². The van der Waals surface area contributed by atoms with E-state index in [1.165, 1.54) is 22.7 Å². The highest BCUT2D eigenvalue weighted by Crippen LogP contribution is 2.32. The molecule has 0 aliphatic carbocycles. The van der Waals surface area contributed by atoms with E-state index in [0.717, 1.165) is 36.5 Å². The Morgan fingerprint density at radius 1 is 0.939 bits per heavy atom. The summed E-state index contributed by atoms with van der Waals surface area (Å²) in [7, 11) is 0. The number of rotatable bonds is 5. The molecule has 162 valence electrons. The number of ether oxygens (including phenoxy) is 1. The van der Waals surface area contributed by atoms with Gasteiger partial charge in [0.1, 0.15) is 5.75 Å². The Morgan fingerprint density at radius 3 is 2.09 bits per heavy atom. The minimum atomic E-state index is -1.00. The lowest BCUT2D eigenvalue weighted by Crippen LogP contribution is -2.09. The SMILES string of the molecule is Cc1cc(Sc2cc(C#Cc3nccs3)cc(C#Cc3nccs3)c2)ccc1OCC(=O)O. The molecule has 2 aromatic heterocycles. The van der Waals surface area contributed by atoms with Crippen molar-refractivity contribution in [1.29, 1.82) is 0 Å². The van der Waals surface area contributed by atoms with Crippen LogP contribution >= 0.6 is 34.4 Å². The predicted octanol–water partition coefficient (Wildman–Crippen LogP) is 5.32. The van der Waals surface area contributed by atoms with Crippen LogP contribution in [0.25, 0.3) is 0 Å². The molecule has 0 atom stereocenters. The summed E-state index contributed by atoms with van der Waals surface area (Å²) in [6, 6.07) is 11.7. The Morgan fingerprint density at radius 2 is 1.58 bits per heavy atom. The van der Waals surface area contributed by atoms with Crippen LogP contribution in [0.15, 0.2) is 69.3 Å². The summed E-state index contributed by atoms with van der Waals surface area (Å²) < 4.78 is 5.32. The lowest BCUT2D eigenvalue weighted by Gasteiger charge is -2.09. The first-order valence-corrected chi connectivity index (χ1v) is 12.2. The van der Waals surface area contributed by atoms with Gasteiger partial charge in [0.2, 0.25) is 0 Å². The first-order valence-electron chi connectivity index (χ1n) is 9.66. The van der Waals surface area contributed by atoms with Crippen LogP contribution in [0.3, 0.4) is 0 Å². The van der Waals surface area contributed by atoms with Gasteiger partial charge in [0.15, 0.2) is 16.6 Å². The van der Waals surface area contributed by atoms with Crippen molar-refractivity contribution >= 4 is 40.4 Å². The predicted molar refractivity (Wildman–Crippen MR) is 131 cm³/mol. The second-order valence-electron chi connectivity index (χ2n) is 6.63. The monoisotopic (exact) mass is 488 g/mol. The number of thiazole rings is 2. The van der Waals surface area contributed by atoms with Gasteiger partial charge in [-0.2, -0.15) is 0 Å². The molecule has 0 aliphatic heterocycles. The Hall–Kier alpha value is -3.56. The standard InChI is InChI=1S/C25H16N2O3S3/c1-17-12-20(4-5-22(17)30-16-25(28)29)33-21-14-18(2-6-23-26-8-10-31-23)13-19(15-21)3-7-24-27-9-11-32-24/h4-5,8-15H,16H2,1H3,(H,28,29). The van der Waals surface area contributed by atoms with Gasteiger partial charge in [0, 0.05) is 44.1 Å². The largest absolute Gasteiger partial charge is 0.482 e. The number of carbonyl (C=O) groups is 1. The highest BCUT2D eigenvalue weighted by atomic mass is 32.2. The Kier molecular flexibility index (Phi) is 7.43. The van der Waals surface area contributed by atoms with Gasteiger partial charge in [-0.05, 0) is 60.7 Å². The van der Waals surface area contributed by atoms with E-state index in [4.69, 9.17) is 9.84 Å². The molecular formula is C25H16N2O3S3. The van der Waals surface area contributed by atoms with E-state index in [1.807, 2.05) is 48.0 Å². The molecule has 0 radical (unpaired) electrons. The molecule has 5 nitrogen and oxygen atoms in total. The zero-order valence-corrected chi connectivity index (χ0v) is 19.8. The molecule has 0 unspecified atom stereocenters. The molecule has 2 heterocycles.